The van der Waals surface area contributed by atoms with Gasteiger partial charge in [-0.25, -0.2) is 18.9 Å². The molecule has 1 fully saturated rings. The lowest BCUT2D eigenvalue weighted by Gasteiger charge is -2.31. The smallest absolute Gasteiger partial charge is 0.418 e. The summed E-state index contributed by atoms with van der Waals surface area (Å²) < 4.78 is 59.7. The first-order valence-electron chi connectivity index (χ1n) is 13.0. The number of hydrogen-bond acceptors (Lipinski definition) is 5. The molecule has 0 radical (unpaired) electrons. The number of imide groups is 1. The van der Waals surface area contributed by atoms with Gasteiger partial charge in [0.25, 0.3) is 5.91 Å². The van der Waals surface area contributed by atoms with Gasteiger partial charge in [0.1, 0.15) is 18.4 Å². The number of aryl methyl sites for hydroxylation is 1. The van der Waals surface area contributed by atoms with Crippen molar-refractivity contribution < 1.29 is 41.5 Å². The molecule has 1 N–H and O–H groups in total. The minimum absolute atomic E-state index is 0.0392. The van der Waals surface area contributed by atoms with E-state index in [1.807, 2.05) is 13.8 Å². The van der Waals surface area contributed by atoms with Crippen LogP contribution in [0.2, 0.25) is 0 Å². The summed E-state index contributed by atoms with van der Waals surface area (Å²) in [5, 5.41) is 2.77. The van der Waals surface area contributed by atoms with Gasteiger partial charge in [-0.3, -0.25) is 9.59 Å². The van der Waals surface area contributed by atoms with Crippen molar-refractivity contribution in [3.05, 3.63) is 65.0 Å². The molecule has 2 atom stereocenters. The second-order valence-corrected chi connectivity index (χ2v) is 10.5. The number of amides is 5. The fraction of sp³-hybridized carbons (Fsp3) is 0.429. The maximum Gasteiger partial charge on any atom is 0.418 e. The highest BCUT2D eigenvalue weighted by molar-refractivity contribution is 6.06. The van der Waals surface area contributed by atoms with Crippen LogP contribution in [0.4, 0.5) is 32.8 Å². The molecule has 0 saturated carbocycles. The van der Waals surface area contributed by atoms with E-state index >= 15 is 0 Å². The molecule has 220 valence electrons. The van der Waals surface area contributed by atoms with Crippen molar-refractivity contribution in [3.8, 4) is 0 Å². The Balaban J connectivity index is 1.54. The number of carbonyl (C=O) groups is 4. The maximum atomic E-state index is 13.6. The second-order valence-electron chi connectivity index (χ2n) is 10.5. The first-order chi connectivity index (χ1) is 19.1. The van der Waals surface area contributed by atoms with Gasteiger partial charge in [-0.15, -0.1) is 0 Å². The third-order valence-electron chi connectivity index (χ3n) is 7.53. The Kier molecular flexibility index (Phi) is 8.01. The van der Waals surface area contributed by atoms with Crippen molar-refractivity contribution in [3.63, 3.8) is 0 Å². The molecule has 41 heavy (non-hydrogen) atoms. The lowest BCUT2D eigenvalue weighted by molar-refractivity contribution is -0.187. The molecule has 1 aliphatic heterocycles. The van der Waals surface area contributed by atoms with E-state index in [1.54, 1.807) is 25.2 Å². The molecule has 13 heteroatoms. The number of hydrogen-bond donors (Lipinski definition) is 1. The average Bonchev–Trinajstić information content (AvgIpc) is 3.38. The summed E-state index contributed by atoms with van der Waals surface area (Å²) in [6, 6.07) is 6.75. The summed E-state index contributed by atoms with van der Waals surface area (Å²) in [6.07, 6.45) is -5.55. The molecule has 4 rings (SSSR count). The highest BCUT2D eigenvalue weighted by Crippen LogP contribution is 2.46. The van der Waals surface area contributed by atoms with Crippen LogP contribution in [0, 0.1) is 5.82 Å². The molecular formula is C28H30F4N4O5. The number of benzene rings is 2. The maximum absolute atomic E-state index is 13.6. The fourth-order valence-corrected chi connectivity index (χ4v) is 4.81. The summed E-state index contributed by atoms with van der Waals surface area (Å²) in [5.74, 6) is -2.58. The highest BCUT2D eigenvalue weighted by Gasteiger charge is 2.58. The predicted octanol–water partition coefficient (Wildman–Crippen LogP) is 4.80. The molecule has 9 nitrogen and oxygen atoms in total. The van der Waals surface area contributed by atoms with Crippen LogP contribution >= 0.6 is 0 Å². The Hall–Kier alpha value is -4.16. The van der Waals surface area contributed by atoms with Gasteiger partial charge in [0, 0.05) is 37.3 Å². The molecule has 2 aromatic rings. The summed E-state index contributed by atoms with van der Waals surface area (Å²) in [6.45, 7) is 3.01. The molecule has 0 bridgehead atoms. The fourth-order valence-electron chi connectivity index (χ4n) is 4.81. The van der Waals surface area contributed by atoms with E-state index in [-0.39, 0.29) is 24.1 Å². The first-order valence-corrected chi connectivity index (χ1v) is 13.0. The van der Waals surface area contributed by atoms with Crippen LogP contribution in [0.1, 0.15) is 43.9 Å². The van der Waals surface area contributed by atoms with Gasteiger partial charge >= 0.3 is 18.3 Å². The van der Waals surface area contributed by atoms with Crippen LogP contribution in [0.15, 0.2) is 42.5 Å². The van der Waals surface area contributed by atoms with Crippen LogP contribution in [0.25, 0.3) is 0 Å². The quantitative estimate of drug-likeness (QED) is 0.476. The average molecular weight is 579 g/mol. The topological polar surface area (TPSA) is 99.3 Å². The van der Waals surface area contributed by atoms with Crippen molar-refractivity contribution in [1.29, 1.82) is 0 Å². The van der Waals surface area contributed by atoms with Gasteiger partial charge in [-0.05, 0) is 62.6 Å². The van der Waals surface area contributed by atoms with Gasteiger partial charge in [-0.2, -0.15) is 13.2 Å². The Morgan fingerprint density at radius 2 is 1.76 bits per heavy atom. The molecule has 0 unspecified atom stereocenters. The molecular weight excluding hydrogens is 548 g/mol. The molecule has 1 saturated heterocycles. The minimum Gasteiger partial charge on any atom is -0.427 e. The van der Waals surface area contributed by atoms with Gasteiger partial charge in [0.2, 0.25) is 11.5 Å². The molecule has 1 spiro atoms. The zero-order chi connectivity index (χ0) is 30.3. The third-order valence-corrected chi connectivity index (χ3v) is 7.53. The van der Waals surface area contributed by atoms with Crippen LogP contribution in [0.5, 0.6) is 0 Å². The van der Waals surface area contributed by atoms with Crippen molar-refractivity contribution >= 4 is 29.6 Å². The van der Waals surface area contributed by atoms with Crippen LogP contribution < -0.4 is 5.32 Å². The number of carbonyl (C=O) groups excluding carboxylic acids is 4. The molecule has 5 amide bonds. The number of anilines is 1. The van der Waals surface area contributed by atoms with Gasteiger partial charge in [0.05, 0.1) is 0 Å². The van der Waals surface area contributed by atoms with Crippen LogP contribution in [-0.4, -0.2) is 70.5 Å². The Bertz CT molecular complexity index is 1360. The molecule has 0 aromatic heterocycles. The van der Waals surface area contributed by atoms with Crippen molar-refractivity contribution in [2.24, 2.45) is 0 Å². The number of fused-ring (bicyclic) bond motifs is 2. The predicted molar refractivity (Wildman–Crippen MR) is 139 cm³/mol. The monoisotopic (exact) mass is 578 g/mol. The van der Waals surface area contributed by atoms with E-state index in [9.17, 15) is 36.7 Å². The zero-order valence-corrected chi connectivity index (χ0v) is 22.9. The summed E-state index contributed by atoms with van der Waals surface area (Å²) in [4.78, 5) is 54.4. The molecule has 1 heterocycles. The molecule has 2 aliphatic rings. The highest BCUT2D eigenvalue weighted by atomic mass is 19.4. The van der Waals surface area contributed by atoms with Crippen molar-refractivity contribution in [1.82, 2.24) is 14.7 Å². The third kappa shape index (κ3) is 5.84. The normalized spacial score (nSPS) is 18.9. The van der Waals surface area contributed by atoms with Crippen LogP contribution in [0.3, 0.4) is 0 Å². The van der Waals surface area contributed by atoms with E-state index in [2.05, 4.69) is 5.32 Å². The number of nitrogens with zero attached hydrogens (tertiary/aromatic N) is 3. The number of nitrogens with one attached hydrogen (secondary N) is 1. The van der Waals surface area contributed by atoms with Crippen molar-refractivity contribution in [2.45, 2.75) is 64.0 Å². The minimum atomic E-state index is -4.80. The van der Waals surface area contributed by atoms with E-state index in [4.69, 9.17) is 4.74 Å². The summed E-state index contributed by atoms with van der Waals surface area (Å²) in [5.41, 5.74) is 0.0109. The van der Waals surface area contributed by atoms with E-state index in [0.717, 1.165) is 19.1 Å². The number of rotatable bonds is 7. The summed E-state index contributed by atoms with van der Waals surface area (Å²) in [7, 11) is 1.64. The Morgan fingerprint density at radius 3 is 2.37 bits per heavy atom. The van der Waals surface area contributed by atoms with Crippen molar-refractivity contribution in [2.75, 3.05) is 18.9 Å². The zero-order valence-electron chi connectivity index (χ0n) is 22.9. The summed E-state index contributed by atoms with van der Waals surface area (Å²) >= 11 is 0. The largest absolute Gasteiger partial charge is 0.427 e. The first kappa shape index (κ1) is 29.8. The Labute approximate surface area is 234 Å². The number of alkyl halides is 3. The molecule has 2 aromatic carbocycles. The van der Waals surface area contributed by atoms with E-state index in [1.165, 1.54) is 17.0 Å². The number of halogens is 4. The lowest BCUT2D eigenvalue weighted by atomic mass is 9.94. The number of ether oxygens (including phenoxy) is 1. The van der Waals surface area contributed by atoms with Crippen LogP contribution in [-0.2, 0) is 32.9 Å². The van der Waals surface area contributed by atoms with E-state index in [0.29, 0.717) is 33.0 Å². The second kappa shape index (κ2) is 11.0. The van der Waals surface area contributed by atoms with Gasteiger partial charge in [-0.1, -0.05) is 18.2 Å². The SMILES string of the molecule is CC(C)N(C)C(=O)Nc1ccc2c(c1)CC[C@@]21OC(=O)N(CC(=O)N(Cc2ccc(F)cc2)[C@@H](C)C(F)(F)F)C1=O. The van der Waals surface area contributed by atoms with E-state index < -0.39 is 54.6 Å². The number of urea groups is 1. The molecule has 1 aliphatic carbocycles. The Morgan fingerprint density at radius 1 is 1.10 bits per heavy atom. The standard InChI is InChI=1S/C28H30F4N4O5/c1-16(2)34(4)25(39)33-21-9-10-22-19(13-21)11-12-27(22)24(38)36(26(40)41-27)15-23(37)35(17(3)28(30,31)32)14-18-5-7-20(29)8-6-18/h5-10,13,16-17H,11-12,14-15H2,1-4H3,(H,33,39)/t17-,27+/m0/s1. The van der Waals surface area contributed by atoms with Gasteiger partial charge < -0.3 is 19.9 Å². The van der Waals surface area contributed by atoms with Gasteiger partial charge in [0.15, 0.2) is 0 Å². The lowest BCUT2D eigenvalue weighted by Crippen LogP contribution is -2.51.